The van der Waals surface area contributed by atoms with Crippen LogP contribution in [-0.4, -0.2) is 18.2 Å². The van der Waals surface area contributed by atoms with Gasteiger partial charge in [0.25, 0.3) is 0 Å². The molecule has 0 fully saturated rings. The summed E-state index contributed by atoms with van der Waals surface area (Å²) in [4.78, 5) is 12.0. The standard InChI is InChI=1S/C19H20O4/c1-19(2,18(21)22-3)13-8-9-16-15(10-13)17(20)14-7-5-4-6-12(14)11-23-16/h4-10,17,20H,11H2,1-3H3. The van der Waals surface area contributed by atoms with Gasteiger partial charge in [0.1, 0.15) is 18.5 Å². The van der Waals surface area contributed by atoms with Crippen molar-refractivity contribution >= 4 is 5.97 Å². The SMILES string of the molecule is COC(=O)C(C)(C)c1ccc2c(c1)C(O)c1ccccc1CO2. The van der Waals surface area contributed by atoms with Gasteiger partial charge in [-0.15, -0.1) is 0 Å². The van der Waals surface area contributed by atoms with Gasteiger partial charge >= 0.3 is 5.97 Å². The van der Waals surface area contributed by atoms with Gasteiger partial charge in [-0.1, -0.05) is 30.3 Å². The van der Waals surface area contributed by atoms with Crippen molar-refractivity contribution in [1.29, 1.82) is 0 Å². The van der Waals surface area contributed by atoms with Crippen molar-refractivity contribution in [3.63, 3.8) is 0 Å². The molecule has 1 unspecified atom stereocenters. The molecule has 0 aromatic heterocycles. The topological polar surface area (TPSA) is 55.8 Å². The number of carbonyl (C=O) groups excluding carboxylic acids is 1. The third kappa shape index (κ3) is 2.59. The summed E-state index contributed by atoms with van der Waals surface area (Å²) in [6.45, 7) is 4.02. The van der Waals surface area contributed by atoms with Crippen LogP contribution in [0.3, 0.4) is 0 Å². The van der Waals surface area contributed by atoms with Crippen LogP contribution >= 0.6 is 0 Å². The summed E-state index contributed by atoms with van der Waals surface area (Å²) in [5.41, 5.74) is 2.45. The second kappa shape index (κ2) is 5.70. The monoisotopic (exact) mass is 312 g/mol. The molecule has 120 valence electrons. The molecule has 4 nitrogen and oxygen atoms in total. The fourth-order valence-corrected chi connectivity index (χ4v) is 2.91. The first-order valence-corrected chi connectivity index (χ1v) is 7.56. The molecule has 0 aliphatic carbocycles. The zero-order valence-corrected chi connectivity index (χ0v) is 13.5. The van der Waals surface area contributed by atoms with E-state index in [1.807, 2.05) is 42.5 Å². The van der Waals surface area contributed by atoms with Crippen molar-refractivity contribution in [3.8, 4) is 5.75 Å². The minimum absolute atomic E-state index is 0.318. The molecule has 1 heterocycles. The third-order valence-corrected chi connectivity index (χ3v) is 4.45. The number of aliphatic hydroxyl groups is 1. The van der Waals surface area contributed by atoms with E-state index in [4.69, 9.17) is 9.47 Å². The number of carbonyl (C=O) groups is 1. The zero-order valence-electron chi connectivity index (χ0n) is 13.5. The highest BCUT2D eigenvalue weighted by molar-refractivity contribution is 5.82. The van der Waals surface area contributed by atoms with Gasteiger partial charge in [0.15, 0.2) is 0 Å². The molecule has 0 spiro atoms. The van der Waals surface area contributed by atoms with Crippen LogP contribution in [0.4, 0.5) is 0 Å². The van der Waals surface area contributed by atoms with E-state index in [-0.39, 0.29) is 5.97 Å². The molecular formula is C19H20O4. The number of aliphatic hydroxyl groups excluding tert-OH is 1. The molecule has 0 saturated carbocycles. The number of hydrogen-bond acceptors (Lipinski definition) is 4. The van der Waals surface area contributed by atoms with Gasteiger partial charge in [-0.3, -0.25) is 4.79 Å². The van der Waals surface area contributed by atoms with E-state index in [2.05, 4.69) is 0 Å². The fraction of sp³-hybridized carbons (Fsp3) is 0.316. The van der Waals surface area contributed by atoms with E-state index in [1.165, 1.54) is 7.11 Å². The molecule has 1 atom stereocenters. The van der Waals surface area contributed by atoms with Crippen LogP contribution in [0.5, 0.6) is 5.75 Å². The summed E-state index contributed by atoms with van der Waals surface area (Å²) in [5, 5.41) is 10.8. The van der Waals surface area contributed by atoms with Crippen molar-refractivity contribution in [3.05, 3.63) is 64.7 Å². The predicted molar refractivity (Wildman–Crippen MR) is 86.3 cm³/mol. The number of hydrogen-bond donors (Lipinski definition) is 1. The lowest BCUT2D eigenvalue weighted by atomic mass is 9.83. The maximum atomic E-state index is 12.0. The average Bonchev–Trinajstić information content (AvgIpc) is 2.71. The lowest BCUT2D eigenvalue weighted by molar-refractivity contribution is -0.146. The van der Waals surface area contributed by atoms with E-state index in [0.717, 1.165) is 16.7 Å². The highest BCUT2D eigenvalue weighted by Crippen LogP contribution is 2.38. The molecule has 0 saturated heterocycles. The van der Waals surface area contributed by atoms with Gasteiger partial charge in [-0.05, 0) is 42.7 Å². The van der Waals surface area contributed by atoms with E-state index < -0.39 is 11.5 Å². The molecule has 2 aromatic rings. The highest BCUT2D eigenvalue weighted by Gasteiger charge is 2.33. The van der Waals surface area contributed by atoms with Gasteiger partial charge in [0, 0.05) is 5.56 Å². The van der Waals surface area contributed by atoms with Crippen LogP contribution in [0.2, 0.25) is 0 Å². The Labute approximate surface area is 135 Å². The molecule has 3 rings (SSSR count). The van der Waals surface area contributed by atoms with Crippen LogP contribution in [0, 0.1) is 0 Å². The minimum atomic E-state index is -0.796. The van der Waals surface area contributed by atoms with Crippen molar-refractivity contribution in [2.45, 2.75) is 32.0 Å². The van der Waals surface area contributed by atoms with Gasteiger partial charge in [0.2, 0.25) is 0 Å². The number of fused-ring (bicyclic) bond motifs is 2. The van der Waals surface area contributed by atoms with Crippen molar-refractivity contribution in [1.82, 2.24) is 0 Å². The van der Waals surface area contributed by atoms with Crippen molar-refractivity contribution in [2.75, 3.05) is 7.11 Å². The second-order valence-electron chi connectivity index (χ2n) is 6.26. The first kappa shape index (κ1) is 15.6. The summed E-state index contributed by atoms with van der Waals surface area (Å²) < 4.78 is 10.7. The smallest absolute Gasteiger partial charge is 0.315 e. The van der Waals surface area contributed by atoms with Gasteiger partial charge in [0.05, 0.1) is 12.5 Å². The number of ether oxygens (including phenoxy) is 2. The van der Waals surface area contributed by atoms with Crippen molar-refractivity contribution in [2.24, 2.45) is 0 Å². The molecule has 0 bridgehead atoms. The summed E-state index contributed by atoms with van der Waals surface area (Å²) in [6, 6.07) is 13.2. The molecule has 1 N–H and O–H groups in total. The lowest BCUT2D eigenvalue weighted by Crippen LogP contribution is -2.30. The number of benzene rings is 2. The van der Waals surface area contributed by atoms with Crippen LogP contribution in [0.1, 0.15) is 42.2 Å². The molecule has 1 aliphatic rings. The largest absolute Gasteiger partial charge is 0.488 e. The Morgan fingerprint density at radius 2 is 1.96 bits per heavy atom. The van der Waals surface area contributed by atoms with Gasteiger partial charge < -0.3 is 14.6 Å². The minimum Gasteiger partial charge on any atom is -0.488 e. The summed E-state index contributed by atoms with van der Waals surface area (Å²) >= 11 is 0. The molecular weight excluding hydrogens is 292 g/mol. The van der Waals surface area contributed by atoms with Crippen LogP contribution in [-0.2, 0) is 21.6 Å². The number of methoxy groups -OCH3 is 1. The Balaban J connectivity index is 2.09. The Bertz CT molecular complexity index is 749. The molecule has 2 aromatic carbocycles. The third-order valence-electron chi connectivity index (χ3n) is 4.45. The van der Waals surface area contributed by atoms with Gasteiger partial charge in [-0.2, -0.15) is 0 Å². The van der Waals surface area contributed by atoms with Gasteiger partial charge in [-0.25, -0.2) is 0 Å². The fourth-order valence-electron chi connectivity index (χ4n) is 2.91. The Kier molecular flexibility index (Phi) is 3.86. The quantitative estimate of drug-likeness (QED) is 0.866. The van der Waals surface area contributed by atoms with Crippen LogP contribution < -0.4 is 4.74 Å². The van der Waals surface area contributed by atoms with Crippen LogP contribution in [0.15, 0.2) is 42.5 Å². The maximum absolute atomic E-state index is 12.0. The second-order valence-corrected chi connectivity index (χ2v) is 6.26. The molecule has 23 heavy (non-hydrogen) atoms. The first-order valence-electron chi connectivity index (χ1n) is 7.56. The van der Waals surface area contributed by atoms with Crippen molar-refractivity contribution < 1.29 is 19.4 Å². The Morgan fingerprint density at radius 3 is 2.70 bits per heavy atom. The molecule has 1 aliphatic heterocycles. The summed E-state index contributed by atoms with van der Waals surface area (Å²) in [6.07, 6.45) is -0.780. The van der Waals surface area contributed by atoms with E-state index >= 15 is 0 Å². The van der Waals surface area contributed by atoms with E-state index in [0.29, 0.717) is 17.9 Å². The molecule has 4 heteroatoms. The predicted octanol–water partition coefficient (Wildman–Crippen LogP) is 3.11. The number of rotatable bonds is 2. The van der Waals surface area contributed by atoms with E-state index in [1.54, 1.807) is 13.8 Å². The molecule has 0 amide bonds. The van der Waals surface area contributed by atoms with E-state index in [9.17, 15) is 9.90 Å². The highest BCUT2D eigenvalue weighted by atomic mass is 16.5. The first-order chi connectivity index (χ1) is 10.9. The maximum Gasteiger partial charge on any atom is 0.315 e. The molecule has 0 radical (unpaired) electrons. The normalized spacial score (nSPS) is 16.6. The summed E-state index contributed by atoms with van der Waals surface area (Å²) in [5.74, 6) is 0.319. The lowest BCUT2D eigenvalue weighted by Gasteiger charge is -2.24. The zero-order chi connectivity index (χ0) is 16.6. The average molecular weight is 312 g/mol. The number of esters is 1. The summed E-state index contributed by atoms with van der Waals surface area (Å²) in [7, 11) is 1.38. The Hall–Kier alpha value is -2.33. The Morgan fingerprint density at radius 1 is 1.22 bits per heavy atom. The van der Waals surface area contributed by atoms with Crippen LogP contribution in [0.25, 0.3) is 0 Å².